The van der Waals surface area contributed by atoms with Crippen LogP contribution in [0.4, 0.5) is 0 Å². The van der Waals surface area contributed by atoms with Crippen LogP contribution in [0.15, 0.2) is 57.4 Å². The zero-order valence-electron chi connectivity index (χ0n) is 20.8. The van der Waals surface area contributed by atoms with E-state index in [-0.39, 0.29) is 23.0 Å². The lowest BCUT2D eigenvalue weighted by atomic mass is 10.1. The second-order valence-electron chi connectivity index (χ2n) is 9.41. The molecule has 2 aliphatic heterocycles. The van der Waals surface area contributed by atoms with Gasteiger partial charge >= 0.3 is 12.0 Å². The fraction of sp³-hybridized carbons (Fsp3) is 0.346. The molecule has 4 rings (SSSR count). The van der Waals surface area contributed by atoms with Crippen LogP contribution in [0.1, 0.15) is 48.7 Å². The minimum absolute atomic E-state index is 0.150. The zero-order chi connectivity index (χ0) is 25.9. The van der Waals surface area contributed by atoms with Crippen LogP contribution in [0.3, 0.4) is 0 Å². The van der Waals surface area contributed by atoms with Gasteiger partial charge in [0, 0.05) is 37.4 Å². The van der Waals surface area contributed by atoms with Crippen LogP contribution in [0.5, 0.6) is 11.5 Å². The molecule has 36 heavy (non-hydrogen) atoms. The van der Waals surface area contributed by atoms with Crippen molar-refractivity contribution in [2.24, 2.45) is 20.7 Å². The third kappa shape index (κ3) is 6.07. The molecule has 0 saturated carbocycles. The third-order valence-electron chi connectivity index (χ3n) is 5.30. The number of nitrogens with two attached hydrogens (primary N) is 1. The normalized spacial score (nSPS) is 17.3. The third-order valence-corrected chi connectivity index (χ3v) is 5.30. The van der Waals surface area contributed by atoms with Gasteiger partial charge in [0.25, 0.3) is 0 Å². The summed E-state index contributed by atoms with van der Waals surface area (Å²) < 4.78 is 17.4. The monoisotopic (exact) mass is 490 g/mol. The van der Waals surface area contributed by atoms with Gasteiger partial charge in [0.1, 0.15) is 28.8 Å². The van der Waals surface area contributed by atoms with Gasteiger partial charge in [-0.3, -0.25) is 10.4 Å². The predicted octanol–water partition coefficient (Wildman–Crippen LogP) is 3.23. The van der Waals surface area contributed by atoms with Gasteiger partial charge in [-0.15, -0.1) is 0 Å². The highest BCUT2D eigenvalue weighted by Crippen LogP contribution is 2.24. The Kier molecular flexibility index (Phi) is 7.05. The van der Waals surface area contributed by atoms with E-state index in [0.717, 1.165) is 24.5 Å². The molecule has 0 fully saturated rings. The number of esters is 1. The van der Waals surface area contributed by atoms with Crippen molar-refractivity contribution in [3.63, 3.8) is 0 Å². The Labute approximate surface area is 210 Å². The molecule has 0 amide bonds. The second-order valence-corrected chi connectivity index (χ2v) is 9.41. The number of rotatable bonds is 6. The first kappa shape index (κ1) is 24.9. The standard InChI is InChI=1S/C26H30N6O4/c1-26(2,3)36-24(33)20-15-18(8-9-19(20)22(27)28)34-21-10-11-30-25(31-21)35-17-7-5-6-16(14-17)23-29-12-13-32(23)4/h5-9,11,14-15,21H,10,12-13H2,1-4H3,(H3,27,28). The SMILES string of the molecule is CN1CCN=C1c1cccc(OC2=NC(Oc3ccc(C(=N)N)c(C(=O)OC(C)(C)C)c3)CC=N2)c1. The summed E-state index contributed by atoms with van der Waals surface area (Å²) in [5.41, 5.74) is 6.35. The number of amidine groups is 3. The first-order valence-electron chi connectivity index (χ1n) is 11.6. The van der Waals surface area contributed by atoms with Crippen molar-refractivity contribution in [3.05, 3.63) is 59.2 Å². The Morgan fingerprint density at radius 2 is 1.94 bits per heavy atom. The van der Waals surface area contributed by atoms with E-state index in [1.54, 1.807) is 39.1 Å². The maximum atomic E-state index is 12.7. The van der Waals surface area contributed by atoms with Crippen molar-refractivity contribution in [3.8, 4) is 11.5 Å². The second kappa shape index (κ2) is 10.2. The molecule has 0 saturated heterocycles. The number of benzene rings is 2. The lowest BCUT2D eigenvalue weighted by molar-refractivity contribution is 0.00685. The lowest BCUT2D eigenvalue weighted by Crippen LogP contribution is -2.26. The molecule has 0 aliphatic carbocycles. The molecule has 3 N–H and O–H groups in total. The van der Waals surface area contributed by atoms with E-state index in [1.807, 2.05) is 31.3 Å². The number of ether oxygens (including phenoxy) is 3. The average Bonchev–Trinajstić information content (AvgIpc) is 3.24. The van der Waals surface area contributed by atoms with Gasteiger partial charge in [-0.05, 0) is 51.1 Å². The molecule has 2 aromatic carbocycles. The van der Waals surface area contributed by atoms with Crippen molar-refractivity contribution < 1.29 is 19.0 Å². The molecule has 1 unspecified atom stereocenters. The fourth-order valence-electron chi connectivity index (χ4n) is 3.70. The number of nitrogens with zero attached hydrogens (tertiary/aromatic N) is 4. The minimum Gasteiger partial charge on any atom is -0.468 e. The van der Waals surface area contributed by atoms with Crippen LogP contribution >= 0.6 is 0 Å². The van der Waals surface area contributed by atoms with E-state index in [2.05, 4.69) is 19.9 Å². The first-order valence-corrected chi connectivity index (χ1v) is 11.6. The summed E-state index contributed by atoms with van der Waals surface area (Å²) >= 11 is 0. The van der Waals surface area contributed by atoms with E-state index in [4.69, 9.17) is 25.4 Å². The van der Waals surface area contributed by atoms with Gasteiger partial charge in [-0.1, -0.05) is 12.1 Å². The highest BCUT2D eigenvalue weighted by Gasteiger charge is 2.23. The molecule has 0 radical (unpaired) electrons. The van der Waals surface area contributed by atoms with Crippen LogP contribution in [-0.2, 0) is 4.74 Å². The first-order chi connectivity index (χ1) is 17.1. The van der Waals surface area contributed by atoms with Crippen LogP contribution < -0.4 is 15.2 Å². The molecule has 2 aliphatic rings. The van der Waals surface area contributed by atoms with E-state index in [9.17, 15) is 4.79 Å². The highest BCUT2D eigenvalue weighted by molar-refractivity contribution is 6.06. The van der Waals surface area contributed by atoms with Crippen LogP contribution in [0.25, 0.3) is 0 Å². The van der Waals surface area contributed by atoms with Crippen molar-refractivity contribution in [2.75, 3.05) is 20.1 Å². The summed E-state index contributed by atoms with van der Waals surface area (Å²) in [5.74, 6) is 1.07. The largest absolute Gasteiger partial charge is 0.468 e. The number of carbonyl (C=O) groups is 1. The number of nitrogens with one attached hydrogen (secondary N) is 1. The average molecular weight is 491 g/mol. The van der Waals surface area contributed by atoms with Crippen molar-refractivity contribution in [1.82, 2.24) is 4.90 Å². The predicted molar refractivity (Wildman–Crippen MR) is 139 cm³/mol. The molecule has 0 spiro atoms. The molecule has 2 aromatic rings. The zero-order valence-corrected chi connectivity index (χ0v) is 20.8. The highest BCUT2D eigenvalue weighted by atomic mass is 16.6. The Hall–Kier alpha value is -4.21. The van der Waals surface area contributed by atoms with E-state index in [1.165, 1.54) is 6.07 Å². The molecule has 1 atom stereocenters. The smallest absolute Gasteiger partial charge is 0.339 e. The minimum atomic E-state index is -0.699. The molecule has 188 valence electrons. The maximum absolute atomic E-state index is 12.7. The number of hydrogen-bond acceptors (Lipinski definition) is 9. The van der Waals surface area contributed by atoms with Crippen molar-refractivity contribution in [1.29, 1.82) is 5.41 Å². The number of nitrogen functional groups attached to an aromatic ring is 1. The summed E-state index contributed by atoms with van der Waals surface area (Å²) in [4.78, 5) is 28.1. The fourth-order valence-corrected chi connectivity index (χ4v) is 3.70. The molecule has 0 aromatic heterocycles. The Morgan fingerprint density at radius 1 is 1.14 bits per heavy atom. The molecule has 10 nitrogen and oxygen atoms in total. The molecular formula is C26H30N6O4. The Balaban J connectivity index is 1.50. The summed E-state index contributed by atoms with van der Waals surface area (Å²) in [6.07, 6.45) is 1.48. The van der Waals surface area contributed by atoms with Gasteiger partial charge in [-0.2, -0.15) is 4.99 Å². The van der Waals surface area contributed by atoms with Crippen LogP contribution in [0.2, 0.25) is 0 Å². The van der Waals surface area contributed by atoms with Crippen LogP contribution in [0, 0.1) is 5.41 Å². The quantitative estimate of drug-likeness (QED) is 0.363. The summed E-state index contributed by atoms with van der Waals surface area (Å²) in [7, 11) is 2.01. The summed E-state index contributed by atoms with van der Waals surface area (Å²) in [6.45, 7) is 6.97. The number of carbonyl (C=O) groups excluding carboxylic acids is 1. The van der Waals surface area contributed by atoms with E-state index >= 15 is 0 Å². The van der Waals surface area contributed by atoms with Gasteiger partial charge in [0.2, 0.25) is 0 Å². The summed E-state index contributed by atoms with van der Waals surface area (Å²) in [5, 5.41) is 7.80. The van der Waals surface area contributed by atoms with E-state index < -0.39 is 17.8 Å². The van der Waals surface area contributed by atoms with Gasteiger partial charge in [-0.25, -0.2) is 9.79 Å². The maximum Gasteiger partial charge on any atom is 0.339 e. The Morgan fingerprint density at radius 3 is 2.64 bits per heavy atom. The number of hydrogen-bond donors (Lipinski definition) is 2. The molecule has 10 heteroatoms. The molecule has 2 heterocycles. The number of aliphatic imine (C=N–C) groups is 3. The van der Waals surface area contributed by atoms with Crippen molar-refractivity contribution in [2.45, 2.75) is 39.0 Å². The van der Waals surface area contributed by atoms with Crippen LogP contribution in [-0.4, -0.2) is 66.7 Å². The van der Waals surface area contributed by atoms with Crippen molar-refractivity contribution >= 4 is 29.9 Å². The Bertz CT molecular complexity index is 1260. The van der Waals surface area contributed by atoms with Gasteiger partial charge in [0.15, 0.2) is 6.23 Å². The van der Waals surface area contributed by atoms with E-state index in [0.29, 0.717) is 17.9 Å². The number of likely N-dealkylation sites (N-methyl/N-ethyl adjacent to an activating group) is 1. The topological polar surface area (TPSA) is 135 Å². The molecule has 0 bridgehead atoms. The summed E-state index contributed by atoms with van der Waals surface area (Å²) in [6, 6.07) is 12.5. The van der Waals surface area contributed by atoms with Gasteiger partial charge < -0.3 is 24.8 Å². The molecular weight excluding hydrogens is 460 g/mol. The van der Waals surface area contributed by atoms with Gasteiger partial charge in [0.05, 0.1) is 12.1 Å². The lowest BCUT2D eigenvalue weighted by Gasteiger charge is -2.21.